The fourth-order valence-corrected chi connectivity index (χ4v) is 2.86. The molecule has 26 heavy (non-hydrogen) atoms. The number of nitrogens with zero attached hydrogens (tertiary/aromatic N) is 5. The van der Waals surface area contributed by atoms with E-state index >= 15 is 0 Å². The lowest BCUT2D eigenvalue weighted by atomic mass is 10.2. The van der Waals surface area contributed by atoms with Gasteiger partial charge in [0.05, 0.1) is 17.2 Å². The van der Waals surface area contributed by atoms with Crippen molar-refractivity contribution in [3.8, 4) is 5.75 Å². The zero-order valence-electron chi connectivity index (χ0n) is 14.9. The SMILES string of the molecule is CCOc1ccccc1Nc1ncnc(N2CCN(C)CC2)c1[N+](=O)[O-]. The summed E-state index contributed by atoms with van der Waals surface area (Å²) in [7, 11) is 2.03. The van der Waals surface area contributed by atoms with Crippen LogP contribution in [0.1, 0.15) is 6.92 Å². The largest absolute Gasteiger partial charge is 0.492 e. The van der Waals surface area contributed by atoms with Gasteiger partial charge >= 0.3 is 5.69 Å². The van der Waals surface area contributed by atoms with Crippen LogP contribution < -0.4 is 15.0 Å². The van der Waals surface area contributed by atoms with E-state index in [4.69, 9.17) is 4.74 Å². The standard InChI is InChI=1S/C17H22N6O3/c1-3-26-14-7-5-4-6-13(14)20-16-15(23(24)25)17(19-12-18-16)22-10-8-21(2)9-11-22/h4-7,12H,3,8-11H2,1-2H3,(H,18,19,20). The minimum Gasteiger partial charge on any atom is -0.492 e. The molecule has 138 valence electrons. The summed E-state index contributed by atoms with van der Waals surface area (Å²) in [5, 5.41) is 14.8. The van der Waals surface area contributed by atoms with Crippen LogP contribution in [0.4, 0.5) is 23.0 Å². The number of hydrogen-bond acceptors (Lipinski definition) is 8. The Bertz CT molecular complexity index is 777. The normalized spacial score (nSPS) is 14.9. The Morgan fingerprint density at radius 3 is 2.65 bits per heavy atom. The number of benzene rings is 1. The van der Waals surface area contributed by atoms with E-state index in [1.807, 2.05) is 31.0 Å². The molecular formula is C17H22N6O3. The average Bonchev–Trinajstić information content (AvgIpc) is 2.64. The average molecular weight is 358 g/mol. The number of ether oxygens (including phenoxy) is 1. The third-order valence-corrected chi connectivity index (χ3v) is 4.23. The molecule has 0 amide bonds. The highest BCUT2D eigenvalue weighted by Gasteiger charge is 2.29. The summed E-state index contributed by atoms with van der Waals surface area (Å²) in [5.41, 5.74) is 0.504. The molecule has 1 aromatic carbocycles. The second-order valence-electron chi connectivity index (χ2n) is 6.00. The maximum Gasteiger partial charge on any atom is 0.353 e. The van der Waals surface area contributed by atoms with Crippen molar-refractivity contribution in [2.75, 3.05) is 50.1 Å². The molecule has 0 spiro atoms. The second kappa shape index (κ2) is 7.96. The van der Waals surface area contributed by atoms with Crippen LogP contribution in [0, 0.1) is 10.1 Å². The third kappa shape index (κ3) is 3.83. The van der Waals surface area contributed by atoms with Crippen LogP contribution in [0.5, 0.6) is 5.75 Å². The van der Waals surface area contributed by atoms with Gasteiger partial charge in [0.25, 0.3) is 0 Å². The highest BCUT2D eigenvalue weighted by atomic mass is 16.6. The summed E-state index contributed by atoms with van der Waals surface area (Å²) in [6.45, 7) is 5.41. The summed E-state index contributed by atoms with van der Waals surface area (Å²) < 4.78 is 5.58. The van der Waals surface area contributed by atoms with E-state index in [0.29, 0.717) is 37.0 Å². The smallest absolute Gasteiger partial charge is 0.353 e. The predicted octanol–water partition coefficient (Wildman–Crippen LogP) is 2.28. The molecule has 1 N–H and O–H groups in total. The molecule has 0 aliphatic carbocycles. The number of aromatic nitrogens is 2. The highest BCUT2D eigenvalue weighted by molar-refractivity contribution is 5.76. The van der Waals surface area contributed by atoms with E-state index < -0.39 is 4.92 Å². The van der Waals surface area contributed by atoms with Gasteiger partial charge in [-0.05, 0) is 26.1 Å². The third-order valence-electron chi connectivity index (χ3n) is 4.23. The van der Waals surface area contributed by atoms with Crippen LogP contribution in [0.2, 0.25) is 0 Å². The summed E-state index contributed by atoms with van der Waals surface area (Å²) in [4.78, 5) is 23.8. The van der Waals surface area contributed by atoms with Crippen molar-refractivity contribution in [3.05, 3.63) is 40.7 Å². The molecule has 1 aliphatic rings. The first-order chi connectivity index (χ1) is 12.6. The quantitative estimate of drug-likeness (QED) is 0.620. The van der Waals surface area contributed by atoms with Gasteiger partial charge < -0.3 is 19.9 Å². The van der Waals surface area contributed by atoms with Gasteiger partial charge in [0.2, 0.25) is 11.6 Å². The molecule has 1 saturated heterocycles. The van der Waals surface area contributed by atoms with Gasteiger partial charge in [-0.25, -0.2) is 9.97 Å². The van der Waals surface area contributed by atoms with Gasteiger partial charge in [0, 0.05) is 26.2 Å². The van der Waals surface area contributed by atoms with Crippen LogP contribution in [0.15, 0.2) is 30.6 Å². The first-order valence-electron chi connectivity index (χ1n) is 8.52. The molecule has 0 atom stereocenters. The van der Waals surface area contributed by atoms with E-state index in [2.05, 4.69) is 20.2 Å². The highest BCUT2D eigenvalue weighted by Crippen LogP contribution is 2.36. The minimum atomic E-state index is -0.431. The van der Waals surface area contributed by atoms with Gasteiger partial charge in [-0.3, -0.25) is 10.1 Å². The van der Waals surface area contributed by atoms with E-state index in [1.54, 1.807) is 12.1 Å². The maximum atomic E-state index is 11.8. The summed E-state index contributed by atoms with van der Waals surface area (Å²) in [6.07, 6.45) is 1.35. The number of para-hydroxylation sites is 2. The molecule has 1 fully saturated rings. The summed E-state index contributed by atoms with van der Waals surface area (Å²) in [5.74, 6) is 1.12. The maximum absolute atomic E-state index is 11.8. The van der Waals surface area contributed by atoms with E-state index in [9.17, 15) is 10.1 Å². The van der Waals surface area contributed by atoms with Gasteiger partial charge in [-0.2, -0.15) is 0 Å². The van der Waals surface area contributed by atoms with Crippen molar-refractivity contribution in [1.82, 2.24) is 14.9 Å². The van der Waals surface area contributed by atoms with Crippen LogP contribution in [-0.4, -0.2) is 59.6 Å². The van der Waals surface area contributed by atoms with Gasteiger partial charge in [0.1, 0.15) is 12.1 Å². The van der Waals surface area contributed by atoms with Crippen LogP contribution >= 0.6 is 0 Å². The Labute approximate surface area is 151 Å². The van der Waals surface area contributed by atoms with Gasteiger partial charge in [-0.15, -0.1) is 0 Å². The van der Waals surface area contributed by atoms with Gasteiger partial charge in [-0.1, -0.05) is 12.1 Å². The fourth-order valence-electron chi connectivity index (χ4n) is 2.86. The van der Waals surface area contributed by atoms with Crippen molar-refractivity contribution >= 4 is 23.0 Å². The molecule has 1 aliphatic heterocycles. The molecule has 0 radical (unpaired) electrons. The molecular weight excluding hydrogens is 336 g/mol. The molecule has 2 heterocycles. The number of nitro groups is 1. The van der Waals surface area contributed by atoms with Crippen LogP contribution in [-0.2, 0) is 0 Å². The second-order valence-corrected chi connectivity index (χ2v) is 6.00. The molecule has 9 nitrogen and oxygen atoms in total. The van der Waals surface area contributed by atoms with Crippen molar-refractivity contribution < 1.29 is 9.66 Å². The van der Waals surface area contributed by atoms with Gasteiger partial charge in [0.15, 0.2) is 0 Å². The Hall–Kier alpha value is -2.94. The molecule has 2 aromatic rings. The number of nitrogens with one attached hydrogen (secondary N) is 1. The lowest BCUT2D eigenvalue weighted by molar-refractivity contribution is -0.383. The zero-order chi connectivity index (χ0) is 18.5. The lowest BCUT2D eigenvalue weighted by Crippen LogP contribution is -2.45. The van der Waals surface area contributed by atoms with Crippen LogP contribution in [0.3, 0.4) is 0 Å². The Morgan fingerprint density at radius 2 is 1.96 bits per heavy atom. The Balaban J connectivity index is 1.95. The summed E-state index contributed by atoms with van der Waals surface area (Å²) in [6, 6.07) is 7.28. The predicted molar refractivity (Wildman–Crippen MR) is 99.3 cm³/mol. The Kier molecular flexibility index (Phi) is 5.47. The van der Waals surface area contributed by atoms with E-state index in [0.717, 1.165) is 13.1 Å². The molecule has 9 heteroatoms. The van der Waals surface area contributed by atoms with Crippen LogP contribution in [0.25, 0.3) is 0 Å². The Morgan fingerprint density at radius 1 is 1.23 bits per heavy atom. The number of hydrogen-bond donors (Lipinski definition) is 1. The summed E-state index contributed by atoms with van der Waals surface area (Å²) >= 11 is 0. The molecule has 0 bridgehead atoms. The van der Waals surface area contributed by atoms with Crippen molar-refractivity contribution in [1.29, 1.82) is 0 Å². The van der Waals surface area contributed by atoms with Crippen molar-refractivity contribution in [3.63, 3.8) is 0 Å². The number of piperazine rings is 1. The number of likely N-dealkylation sites (N-methyl/N-ethyl adjacent to an activating group) is 1. The number of rotatable bonds is 6. The van der Waals surface area contributed by atoms with Crippen molar-refractivity contribution in [2.45, 2.75) is 6.92 Å². The molecule has 3 rings (SSSR count). The number of anilines is 3. The molecule has 0 unspecified atom stereocenters. The van der Waals surface area contributed by atoms with E-state index in [1.165, 1.54) is 6.33 Å². The zero-order valence-corrected chi connectivity index (χ0v) is 14.9. The first kappa shape index (κ1) is 17.9. The topological polar surface area (TPSA) is 96.7 Å². The first-order valence-corrected chi connectivity index (χ1v) is 8.52. The monoisotopic (exact) mass is 358 g/mol. The lowest BCUT2D eigenvalue weighted by Gasteiger charge is -2.32. The molecule has 1 aromatic heterocycles. The minimum absolute atomic E-state index is 0.122. The fraction of sp³-hybridized carbons (Fsp3) is 0.412. The molecule has 0 saturated carbocycles. The van der Waals surface area contributed by atoms with E-state index in [-0.39, 0.29) is 11.5 Å². The van der Waals surface area contributed by atoms with Crippen molar-refractivity contribution in [2.24, 2.45) is 0 Å².